The fraction of sp³-hybridized carbons (Fsp3) is 0.538. The summed E-state index contributed by atoms with van der Waals surface area (Å²) in [5.74, 6) is 0. The number of hydrogen-bond donors (Lipinski definition) is 1. The van der Waals surface area contributed by atoms with Gasteiger partial charge in [0.1, 0.15) is 4.90 Å². The van der Waals surface area contributed by atoms with Gasteiger partial charge in [-0.25, -0.2) is 8.42 Å². The summed E-state index contributed by atoms with van der Waals surface area (Å²) < 4.78 is 26.6. The van der Waals surface area contributed by atoms with Crippen LogP contribution in [0.15, 0.2) is 23.1 Å². The normalized spacial score (nSPS) is 12.4. The minimum atomic E-state index is -3.55. The maximum atomic E-state index is 12.6. The fourth-order valence-corrected chi connectivity index (χ4v) is 4.17. The lowest BCUT2D eigenvalue weighted by molar-refractivity contribution is 0.369. The Kier molecular flexibility index (Phi) is 5.80. The van der Waals surface area contributed by atoms with Gasteiger partial charge in [-0.1, -0.05) is 24.6 Å². The Hall–Kier alpha value is -0.620. The van der Waals surface area contributed by atoms with E-state index < -0.39 is 10.0 Å². The van der Waals surface area contributed by atoms with Gasteiger partial charge >= 0.3 is 0 Å². The summed E-state index contributed by atoms with van der Waals surface area (Å²) in [5.41, 5.74) is 0.894. The molecule has 0 heterocycles. The first-order valence-electron chi connectivity index (χ1n) is 6.29. The molecule has 0 fully saturated rings. The minimum Gasteiger partial charge on any atom is -0.316 e. The van der Waals surface area contributed by atoms with Crippen LogP contribution in [0.5, 0.6) is 0 Å². The molecule has 108 valence electrons. The van der Waals surface area contributed by atoms with Gasteiger partial charge in [-0.3, -0.25) is 0 Å². The molecule has 0 amide bonds. The molecule has 0 atom stereocenters. The molecule has 0 spiro atoms. The number of hydrogen-bond acceptors (Lipinski definition) is 3. The number of sulfonamides is 1. The smallest absolute Gasteiger partial charge is 0.244 e. The van der Waals surface area contributed by atoms with Crippen LogP contribution in [0.25, 0.3) is 0 Å². The summed E-state index contributed by atoms with van der Waals surface area (Å²) in [6, 6.07) is 5.00. The molecule has 0 saturated heterocycles. The van der Waals surface area contributed by atoms with Crippen LogP contribution in [0.1, 0.15) is 26.3 Å². The highest BCUT2D eigenvalue weighted by Gasteiger charge is 2.27. The maximum absolute atomic E-state index is 12.6. The van der Waals surface area contributed by atoms with Crippen molar-refractivity contribution < 1.29 is 8.42 Å². The predicted octanol–water partition coefficient (Wildman–Crippen LogP) is 2.48. The standard InChI is InChI=1S/C13H21ClN2O2S/c1-5-16(10(2)3)19(17,18)13-8-11(9-15-4)6-7-12(13)14/h6-8,10,15H,5,9H2,1-4H3. The molecular weight excluding hydrogens is 284 g/mol. The van der Waals surface area contributed by atoms with Gasteiger partial charge < -0.3 is 5.32 Å². The highest BCUT2D eigenvalue weighted by Crippen LogP contribution is 2.26. The Morgan fingerprint density at radius 1 is 1.37 bits per heavy atom. The van der Waals surface area contributed by atoms with Crippen molar-refractivity contribution in [2.75, 3.05) is 13.6 Å². The van der Waals surface area contributed by atoms with Crippen molar-refractivity contribution in [2.45, 2.75) is 38.3 Å². The van der Waals surface area contributed by atoms with E-state index in [1.54, 1.807) is 12.1 Å². The first-order valence-corrected chi connectivity index (χ1v) is 8.11. The highest BCUT2D eigenvalue weighted by atomic mass is 35.5. The number of halogens is 1. The monoisotopic (exact) mass is 304 g/mol. The Balaban J connectivity index is 3.30. The third-order valence-corrected chi connectivity index (χ3v) is 5.48. The zero-order valence-electron chi connectivity index (χ0n) is 11.8. The van der Waals surface area contributed by atoms with Gasteiger partial charge in [-0.2, -0.15) is 4.31 Å². The van der Waals surface area contributed by atoms with Crippen LogP contribution in [0, 0.1) is 0 Å². The molecular formula is C13H21ClN2O2S. The lowest BCUT2D eigenvalue weighted by Crippen LogP contribution is -2.36. The van der Waals surface area contributed by atoms with Crippen LogP contribution in [-0.4, -0.2) is 32.4 Å². The summed E-state index contributed by atoms with van der Waals surface area (Å²) in [7, 11) is -1.73. The van der Waals surface area contributed by atoms with Crippen molar-refractivity contribution in [3.8, 4) is 0 Å². The molecule has 0 saturated carbocycles. The van der Waals surface area contributed by atoms with E-state index in [-0.39, 0.29) is 16.0 Å². The van der Waals surface area contributed by atoms with E-state index >= 15 is 0 Å². The molecule has 1 aromatic rings. The third-order valence-electron chi connectivity index (χ3n) is 2.85. The molecule has 0 unspecified atom stereocenters. The molecule has 1 N–H and O–H groups in total. The zero-order chi connectivity index (χ0) is 14.6. The molecule has 19 heavy (non-hydrogen) atoms. The van der Waals surface area contributed by atoms with E-state index in [0.29, 0.717) is 13.1 Å². The van der Waals surface area contributed by atoms with Crippen LogP contribution in [0.4, 0.5) is 0 Å². The number of rotatable bonds is 6. The maximum Gasteiger partial charge on any atom is 0.244 e. The Morgan fingerprint density at radius 3 is 2.47 bits per heavy atom. The second-order valence-electron chi connectivity index (χ2n) is 4.60. The van der Waals surface area contributed by atoms with Crippen LogP contribution in [-0.2, 0) is 16.6 Å². The Morgan fingerprint density at radius 2 is 2.00 bits per heavy atom. The quantitative estimate of drug-likeness (QED) is 0.878. The summed E-state index contributed by atoms with van der Waals surface area (Å²) in [6.45, 7) is 6.56. The second kappa shape index (κ2) is 6.70. The van der Waals surface area contributed by atoms with Crippen LogP contribution >= 0.6 is 11.6 Å². The minimum absolute atomic E-state index is 0.0981. The van der Waals surface area contributed by atoms with Crippen molar-refractivity contribution >= 4 is 21.6 Å². The third kappa shape index (κ3) is 3.69. The molecule has 4 nitrogen and oxygen atoms in total. The Labute approximate surface area is 120 Å². The van der Waals surface area contributed by atoms with Crippen molar-refractivity contribution in [2.24, 2.45) is 0 Å². The van der Waals surface area contributed by atoms with E-state index in [1.165, 1.54) is 4.31 Å². The first kappa shape index (κ1) is 16.4. The van der Waals surface area contributed by atoms with Crippen molar-refractivity contribution in [3.05, 3.63) is 28.8 Å². The summed E-state index contributed by atoms with van der Waals surface area (Å²) in [4.78, 5) is 0.178. The lowest BCUT2D eigenvalue weighted by Gasteiger charge is -2.25. The largest absolute Gasteiger partial charge is 0.316 e. The average Bonchev–Trinajstić information content (AvgIpc) is 2.31. The number of nitrogens with one attached hydrogen (secondary N) is 1. The fourth-order valence-electron chi connectivity index (χ4n) is 2.00. The molecule has 0 radical (unpaired) electrons. The van der Waals surface area contributed by atoms with Gasteiger partial charge in [-0.15, -0.1) is 0 Å². The first-order chi connectivity index (χ1) is 8.84. The van der Waals surface area contributed by atoms with Gasteiger partial charge in [-0.05, 0) is 38.6 Å². The van der Waals surface area contributed by atoms with Gasteiger partial charge in [0.05, 0.1) is 5.02 Å². The molecule has 6 heteroatoms. The molecule has 0 aliphatic rings. The molecule has 0 aliphatic heterocycles. The molecule has 1 aromatic carbocycles. The summed E-state index contributed by atoms with van der Waals surface area (Å²) >= 11 is 6.06. The van der Waals surface area contributed by atoms with Gasteiger partial charge in [0, 0.05) is 19.1 Å². The van der Waals surface area contributed by atoms with Crippen LogP contribution in [0.3, 0.4) is 0 Å². The van der Waals surface area contributed by atoms with Gasteiger partial charge in [0.15, 0.2) is 0 Å². The zero-order valence-corrected chi connectivity index (χ0v) is 13.3. The predicted molar refractivity (Wildman–Crippen MR) is 78.9 cm³/mol. The van der Waals surface area contributed by atoms with Crippen molar-refractivity contribution in [3.63, 3.8) is 0 Å². The van der Waals surface area contributed by atoms with E-state index in [0.717, 1.165) is 5.56 Å². The summed E-state index contributed by atoms with van der Waals surface area (Å²) in [6.07, 6.45) is 0. The summed E-state index contributed by atoms with van der Waals surface area (Å²) in [5, 5.41) is 3.26. The van der Waals surface area contributed by atoms with Gasteiger partial charge in [0.25, 0.3) is 0 Å². The van der Waals surface area contributed by atoms with E-state index in [1.807, 2.05) is 33.9 Å². The Bertz CT molecular complexity index is 529. The van der Waals surface area contributed by atoms with Gasteiger partial charge in [0.2, 0.25) is 10.0 Å². The highest BCUT2D eigenvalue weighted by molar-refractivity contribution is 7.89. The van der Waals surface area contributed by atoms with E-state index in [4.69, 9.17) is 11.6 Å². The molecule has 0 bridgehead atoms. The van der Waals surface area contributed by atoms with Crippen molar-refractivity contribution in [1.82, 2.24) is 9.62 Å². The molecule has 1 rings (SSSR count). The van der Waals surface area contributed by atoms with Crippen LogP contribution in [0.2, 0.25) is 5.02 Å². The molecule has 0 aromatic heterocycles. The lowest BCUT2D eigenvalue weighted by atomic mass is 10.2. The van der Waals surface area contributed by atoms with Crippen LogP contribution < -0.4 is 5.32 Å². The van der Waals surface area contributed by atoms with E-state index in [9.17, 15) is 8.42 Å². The molecule has 0 aliphatic carbocycles. The number of nitrogens with zero attached hydrogens (tertiary/aromatic N) is 1. The topological polar surface area (TPSA) is 49.4 Å². The second-order valence-corrected chi connectivity index (χ2v) is 6.86. The van der Waals surface area contributed by atoms with Crippen molar-refractivity contribution in [1.29, 1.82) is 0 Å². The average molecular weight is 305 g/mol. The SMILES string of the molecule is CCN(C(C)C)S(=O)(=O)c1cc(CNC)ccc1Cl. The number of benzene rings is 1. The van der Waals surface area contributed by atoms with E-state index in [2.05, 4.69) is 5.32 Å².